The van der Waals surface area contributed by atoms with Crippen LogP contribution in [-0.2, 0) is 0 Å². The second-order valence-corrected chi connectivity index (χ2v) is 6.66. The molecule has 2 N–H and O–H groups in total. The summed E-state index contributed by atoms with van der Waals surface area (Å²) >= 11 is 3.36. The van der Waals surface area contributed by atoms with Gasteiger partial charge in [0.25, 0.3) is 5.91 Å². The normalized spacial score (nSPS) is 10.6. The molecule has 3 rings (SSSR count). The highest BCUT2D eigenvalue weighted by Crippen LogP contribution is 2.14. The van der Waals surface area contributed by atoms with Crippen molar-refractivity contribution in [3.8, 4) is 5.82 Å². The summed E-state index contributed by atoms with van der Waals surface area (Å²) in [7, 11) is 0. The zero-order valence-electron chi connectivity index (χ0n) is 14.5. The number of hydrogen-bond acceptors (Lipinski definition) is 5. The molecule has 0 aliphatic carbocycles. The summed E-state index contributed by atoms with van der Waals surface area (Å²) < 4.78 is 2.79. The number of anilines is 1. The molecule has 0 fully saturated rings. The second kappa shape index (κ2) is 8.09. The zero-order valence-corrected chi connectivity index (χ0v) is 16.1. The molecule has 0 saturated heterocycles. The minimum absolute atomic E-state index is 0.110. The van der Waals surface area contributed by atoms with Crippen LogP contribution < -0.4 is 10.6 Å². The first-order valence-electron chi connectivity index (χ1n) is 8.15. The van der Waals surface area contributed by atoms with Crippen LogP contribution in [0.4, 0.5) is 5.82 Å². The molecule has 2 heterocycles. The molecule has 2 aromatic heterocycles. The maximum Gasteiger partial charge on any atom is 0.251 e. The third-order valence-electron chi connectivity index (χ3n) is 3.95. The Morgan fingerprint density at radius 2 is 2.00 bits per heavy atom. The molecule has 0 radical (unpaired) electrons. The van der Waals surface area contributed by atoms with E-state index in [1.807, 2.05) is 36.6 Å². The van der Waals surface area contributed by atoms with E-state index in [0.717, 1.165) is 21.7 Å². The van der Waals surface area contributed by atoms with Crippen molar-refractivity contribution >= 4 is 27.7 Å². The largest absolute Gasteiger partial charge is 0.368 e. The lowest BCUT2D eigenvalue weighted by Gasteiger charge is -2.09. The number of nitrogens with one attached hydrogen (secondary N) is 2. The number of carbonyl (C=O) groups excluding carboxylic acids is 1. The fourth-order valence-electron chi connectivity index (χ4n) is 2.40. The van der Waals surface area contributed by atoms with Crippen molar-refractivity contribution < 1.29 is 4.79 Å². The fraction of sp³-hybridized carbons (Fsp3) is 0.222. The van der Waals surface area contributed by atoms with Crippen molar-refractivity contribution in [2.45, 2.75) is 13.8 Å². The van der Waals surface area contributed by atoms with Crippen LogP contribution in [-0.4, -0.2) is 38.5 Å². The van der Waals surface area contributed by atoms with Gasteiger partial charge >= 0.3 is 0 Å². The van der Waals surface area contributed by atoms with Crippen molar-refractivity contribution in [2.24, 2.45) is 0 Å². The smallest absolute Gasteiger partial charge is 0.251 e. The number of aromatic nitrogens is 4. The minimum Gasteiger partial charge on any atom is -0.368 e. The van der Waals surface area contributed by atoms with E-state index in [-0.39, 0.29) is 5.91 Å². The first-order chi connectivity index (χ1) is 12.5. The van der Waals surface area contributed by atoms with Gasteiger partial charge in [-0.05, 0) is 32.0 Å². The number of rotatable bonds is 6. The van der Waals surface area contributed by atoms with E-state index in [9.17, 15) is 4.79 Å². The summed E-state index contributed by atoms with van der Waals surface area (Å²) in [4.78, 5) is 24.9. The first kappa shape index (κ1) is 18.1. The van der Waals surface area contributed by atoms with Crippen LogP contribution in [0.3, 0.4) is 0 Å². The number of benzene rings is 1. The predicted molar refractivity (Wildman–Crippen MR) is 104 cm³/mol. The van der Waals surface area contributed by atoms with Crippen molar-refractivity contribution in [3.63, 3.8) is 0 Å². The summed E-state index contributed by atoms with van der Waals surface area (Å²) in [6, 6.07) is 9.13. The lowest BCUT2D eigenvalue weighted by Crippen LogP contribution is -2.28. The number of halogens is 1. The third kappa shape index (κ3) is 4.26. The molecule has 1 aromatic carbocycles. The van der Waals surface area contributed by atoms with Crippen LogP contribution in [0, 0.1) is 13.8 Å². The summed E-state index contributed by atoms with van der Waals surface area (Å²) in [6.45, 7) is 4.99. The Hall–Kier alpha value is -2.74. The van der Waals surface area contributed by atoms with Crippen LogP contribution in [0.5, 0.6) is 0 Å². The van der Waals surface area contributed by atoms with E-state index in [1.54, 1.807) is 18.5 Å². The van der Waals surface area contributed by atoms with Crippen LogP contribution in [0.2, 0.25) is 0 Å². The number of hydrogen-bond donors (Lipinski definition) is 2. The van der Waals surface area contributed by atoms with Crippen molar-refractivity contribution in [2.75, 3.05) is 18.4 Å². The van der Waals surface area contributed by atoms with Gasteiger partial charge in [0, 0.05) is 34.9 Å². The van der Waals surface area contributed by atoms with Gasteiger partial charge in [-0.15, -0.1) is 0 Å². The molecular formula is C18H19BrN6O. The number of imidazole rings is 1. The maximum atomic E-state index is 12.1. The van der Waals surface area contributed by atoms with E-state index in [4.69, 9.17) is 0 Å². The number of nitrogens with zero attached hydrogens (tertiary/aromatic N) is 4. The molecule has 0 aliphatic heterocycles. The molecule has 0 aliphatic rings. The number of amides is 1. The molecule has 0 spiro atoms. The van der Waals surface area contributed by atoms with Gasteiger partial charge < -0.3 is 10.6 Å². The van der Waals surface area contributed by atoms with Gasteiger partial charge in [-0.3, -0.25) is 9.36 Å². The average molecular weight is 415 g/mol. The maximum absolute atomic E-state index is 12.1. The summed E-state index contributed by atoms with van der Waals surface area (Å²) in [5, 5.41) is 6.06. The van der Waals surface area contributed by atoms with Crippen molar-refractivity contribution in [3.05, 3.63) is 64.4 Å². The Morgan fingerprint density at radius 1 is 1.15 bits per heavy atom. The van der Waals surface area contributed by atoms with Crippen LogP contribution in [0.1, 0.15) is 21.7 Å². The molecule has 1 amide bonds. The number of aryl methyl sites for hydroxylation is 1. The highest BCUT2D eigenvalue weighted by molar-refractivity contribution is 9.10. The van der Waals surface area contributed by atoms with E-state index in [1.165, 1.54) is 6.33 Å². The number of carbonyl (C=O) groups is 1. The molecule has 8 heteroatoms. The average Bonchev–Trinajstić information content (AvgIpc) is 2.98. The van der Waals surface area contributed by atoms with Gasteiger partial charge in [0.05, 0.1) is 5.69 Å². The Labute approximate surface area is 160 Å². The molecule has 3 aromatic rings. The van der Waals surface area contributed by atoms with E-state index in [0.29, 0.717) is 24.5 Å². The quantitative estimate of drug-likeness (QED) is 0.605. The standard InChI is InChI=1S/C18H19BrN6O/c1-12-13(2)25(11-24-12)17-9-16(22-10-23-17)20-6-7-21-18(26)14-4-3-5-15(19)8-14/h3-5,8-11H,6-7H2,1-2H3,(H,21,26)(H,20,22,23). The van der Waals surface area contributed by atoms with Gasteiger partial charge in [-0.1, -0.05) is 22.0 Å². The minimum atomic E-state index is -0.110. The lowest BCUT2D eigenvalue weighted by molar-refractivity contribution is 0.0955. The monoisotopic (exact) mass is 414 g/mol. The van der Waals surface area contributed by atoms with E-state index < -0.39 is 0 Å². The Balaban J connectivity index is 1.55. The zero-order chi connectivity index (χ0) is 18.5. The highest BCUT2D eigenvalue weighted by atomic mass is 79.9. The Bertz CT molecular complexity index is 924. The molecule has 0 bridgehead atoms. The van der Waals surface area contributed by atoms with Gasteiger partial charge in [-0.25, -0.2) is 15.0 Å². The van der Waals surface area contributed by atoms with Crippen LogP contribution in [0.25, 0.3) is 5.82 Å². The molecular weight excluding hydrogens is 396 g/mol. The molecule has 0 atom stereocenters. The molecule has 7 nitrogen and oxygen atoms in total. The van der Waals surface area contributed by atoms with E-state index >= 15 is 0 Å². The lowest BCUT2D eigenvalue weighted by atomic mass is 10.2. The summed E-state index contributed by atoms with van der Waals surface area (Å²) in [5.41, 5.74) is 2.62. The van der Waals surface area contributed by atoms with Crippen molar-refractivity contribution in [1.29, 1.82) is 0 Å². The summed E-state index contributed by atoms with van der Waals surface area (Å²) in [6.07, 6.45) is 3.25. The highest BCUT2D eigenvalue weighted by Gasteiger charge is 2.07. The van der Waals surface area contributed by atoms with Gasteiger partial charge in [0.15, 0.2) is 0 Å². The molecule has 134 valence electrons. The van der Waals surface area contributed by atoms with E-state index in [2.05, 4.69) is 41.5 Å². The fourth-order valence-corrected chi connectivity index (χ4v) is 2.80. The van der Waals surface area contributed by atoms with Crippen LogP contribution >= 0.6 is 15.9 Å². The molecule has 0 saturated carbocycles. The third-order valence-corrected chi connectivity index (χ3v) is 4.45. The molecule has 26 heavy (non-hydrogen) atoms. The van der Waals surface area contributed by atoms with Gasteiger partial charge in [-0.2, -0.15) is 0 Å². The van der Waals surface area contributed by atoms with Gasteiger partial charge in [0.2, 0.25) is 0 Å². The Morgan fingerprint density at radius 3 is 2.73 bits per heavy atom. The topological polar surface area (TPSA) is 84.7 Å². The van der Waals surface area contributed by atoms with Crippen molar-refractivity contribution in [1.82, 2.24) is 24.8 Å². The van der Waals surface area contributed by atoms with Crippen LogP contribution in [0.15, 0.2) is 47.5 Å². The first-order valence-corrected chi connectivity index (χ1v) is 8.94. The molecule has 0 unspecified atom stereocenters. The SMILES string of the molecule is Cc1ncn(-c2cc(NCCNC(=O)c3cccc(Br)c3)ncn2)c1C. The second-order valence-electron chi connectivity index (χ2n) is 5.74. The predicted octanol–water partition coefficient (Wildman–Crippen LogP) is 2.88. The summed E-state index contributed by atoms with van der Waals surface area (Å²) in [5.74, 6) is 1.33. The Kier molecular flexibility index (Phi) is 5.62. The van der Waals surface area contributed by atoms with Gasteiger partial charge in [0.1, 0.15) is 24.3 Å².